The molecule has 1 N–H and O–H groups in total. The van der Waals surface area contributed by atoms with E-state index in [0.717, 1.165) is 0 Å². The average molecular weight is 265 g/mol. The van der Waals surface area contributed by atoms with Gasteiger partial charge < -0.3 is 14.8 Å². The maximum absolute atomic E-state index is 12.3. The van der Waals surface area contributed by atoms with Gasteiger partial charge >= 0.3 is 5.97 Å². The van der Waals surface area contributed by atoms with Crippen LogP contribution in [0.25, 0.3) is 0 Å². The molecule has 0 aliphatic carbocycles. The molecule has 1 aromatic carbocycles. The van der Waals surface area contributed by atoms with Crippen molar-refractivity contribution in [3.8, 4) is 5.75 Å². The SMILES string of the molecule is CCNC(CC(=O)OC)C(=O)c1ccc(OC)cc1. The summed E-state index contributed by atoms with van der Waals surface area (Å²) in [5.41, 5.74) is 0.538. The van der Waals surface area contributed by atoms with Gasteiger partial charge in [-0.2, -0.15) is 0 Å². The fraction of sp³-hybridized carbons (Fsp3) is 0.429. The Bertz CT molecular complexity index is 428. The van der Waals surface area contributed by atoms with Crippen LogP contribution in [0, 0.1) is 0 Å². The van der Waals surface area contributed by atoms with Gasteiger partial charge in [-0.1, -0.05) is 6.92 Å². The summed E-state index contributed by atoms with van der Waals surface area (Å²) in [6.45, 7) is 2.48. The summed E-state index contributed by atoms with van der Waals surface area (Å²) < 4.78 is 9.64. The highest BCUT2D eigenvalue weighted by molar-refractivity contribution is 6.01. The lowest BCUT2D eigenvalue weighted by atomic mass is 10.0. The van der Waals surface area contributed by atoms with Crippen LogP contribution in [0.2, 0.25) is 0 Å². The number of ketones is 1. The van der Waals surface area contributed by atoms with Crippen LogP contribution in [-0.2, 0) is 9.53 Å². The monoisotopic (exact) mass is 265 g/mol. The zero-order valence-electron chi connectivity index (χ0n) is 11.4. The zero-order chi connectivity index (χ0) is 14.3. The molecule has 1 rings (SSSR count). The van der Waals surface area contributed by atoms with Gasteiger partial charge in [0, 0.05) is 5.56 Å². The molecule has 0 saturated heterocycles. The normalized spacial score (nSPS) is 11.7. The maximum Gasteiger partial charge on any atom is 0.307 e. The second-order valence-electron chi connectivity index (χ2n) is 3.98. The molecule has 104 valence electrons. The second kappa shape index (κ2) is 7.53. The van der Waals surface area contributed by atoms with Crippen molar-refractivity contribution in [1.29, 1.82) is 0 Å². The molecule has 0 aliphatic rings. The third kappa shape index (κ3) is 4.37. The first-order valence-corrected chi connectivity index (χ1v) is 6.10. The van der Waals surface area contributed by atoms with Crippen LogP contribution in [0.5, 0.6) is 5.75 Å². The molecule has 1 atom stereocenters. The fourth-order valence-electron chi connectivity index (χ4n) is 1.71. The van der Waals surface area contributed by atoms with Crippen LogP contribution < -0.4 is 10.1 Å². The topological polar surface area (TPSA) is 64.6 Å². The van der Waals surface area contributed by atoms with Crippen LogP contribution in [-0.4, -0.2) is 38.6 Å². The van der Waals surface area contributed by atoms with Gasteiger partial charge in [-0.05, 0) is 30.8 Å². The Morgan fingerprint density at radius 3 is 2.32 bits per heavy atom. The average Bonchev–Trinajstić information content (AvgIpc) is 2.46. The lowest BCUT2D eigenvalue weighted by Gasteiger charge is -2.15. The van der Waals surface area contributed by atoms with Crippen LogP contribution in [0.4, 0.5) is 0 Å². The molecule has 0 heterocycles. The number of methoxy groups -OCH3 is 2. The number of ether oxygens (including phenoxy) is 2. The molecule has 5 nitrogen and oxygen atoms in total. The number of nitrogens with one attached hydrogen (secondary N) is 1. The first-order chi connectivity index (χ1) is 9.12. The summed E-state index contributed by atoms with van der Waals surface area (Å²) in [6, 6.07) is 6.24. The fourth-order valence-corrected chi connectivity index (χ4v) is 1.71. The summed E-state index contributed by atoms with van der Waals surface area (Å²) in [5, 5.41) is 2.99. The molecule has 5 heteroatoms. The van der Waals surface area contributed by atoms with Crippen molar-refractivity contribution in [1.82, 2.24) is 5.32 Å². The Hall–Kier alpha value is -1.88. The molecule has 1 unspecified atom stereocenters. The summed E-state index contributed by atoms with van der Waals surface area (Å²) in [6.07, 6.45) is 0.0230. The maximum atomic E-state index is 12.3. The Kier molecular flexibility index (Phi) is 6.02. The van der Waals surface area contributed by atoms with E-state index in [1.165, 1.54) is 7.11 Å². The molecule has 0 aliphatic heterocycles. The number of benzene rings is 1. The molecule has 0 amide bonds. The van der Waals surface area contributed by atoms with Gasteiger partial charge in [-0.3, -0.25) is 9.59 Å². The van der Waals surface area contributed by atoms with Gasteiger partial charge in [-0.25, -0.2) is 0 Å². The van der Waals surface area contributed by atoms with E-state index in [0.29, 0.717) is 17.9 Å². The van der Waals surface area contributed by atoms with Crippen molar-refractivity contribution in [2.24, 2.45) is 0 Å². The van der Waals surface area contributed by atoms with E-state index < -0.39 is 12.0 Å². The largest absolute Gasteiger partial charge is 0.497 e. The molecule has 0 fully saturated rings. The number of rotatable bonds is 7. The number of hydrogen-bond donors (Lipinski definition) is 1. The highest BCUT2D eigenvalue weighted by Crippen LogP contribution is 2.14. The molecule has 0 radical (unpaired) electrons. The number of carbonyl (C=O) groups excluding carboxylic acids is 2. The summed E-state index contributed by atoms with van der Waals surface area (Å²) in [5.74, 6) is 0.146. The standard InChI is InChI=1S/C14H19NO4/c1-4-15-12(9-13(16)19-3)14(17)10-5-7-11(18-2)8-6-10/h5-8,12,15H,4,9H2,1-3H3. The van der Waals surface area contributed by atoms with Crippen molar-refractivity contribution in [2.45, 2.75) is 19.4 Å². The van der Waals surface area contributed by atoms with Gasteiger partial charge in [0.15, 0.2) is 5.78 Å². The molecule has 0 aromatic heterocycles. The van der Waals surface area contributed by atoms with Gasteiger partial charge in [0.2, 0.25) is 0 Å². The Labute approximate surface area is 112 Å². The van der Waals surface area contributed by atoms with Crippen molar-refractivity contribution in [3.63, 3.8) is 0 Å². The smallest absolute Gasteiger partial charge is 0.307 e. The Morgan fingerprint density at radius 2 is 1.84 bits per heavy atom. The van der Waals surface area contributed by atoms with Crippen molar-refractivity contribution >= 4 is 11.8 Å². The van der Waals surface area contributed by atoms with E-state index >= 15 is 0 Å². The second-order valence-corrected chi connectivity index (χ2v) is 3.98. The highest BCUT2D eigenvalue weighted by atomic mass is 16.5. The van der Waals surface area contributed by atoms with Crippen LogP contribution in [0.1, 0.15) is 23.7 Å². The molecular weight excluding hydrogens is 246 g/mol. The lowest BCUT2D eigenvalue weighted by Crippen LogP contribution is -2.38. The van der Waals surface area contributed by atoms with Gasteiger partial charge in [0.05, 0.1) is 26.7 Å². The van der Waals surface area contributed by atoms with Crippen molar-refractivity contribution in [3.05, 3.63) is 29.8 Å². The van der Waals surface area contributed by atoms with Crippen LogP contribution >= 0.6 is 0 Å². The lowest BCUT2D eigenvalue weighted by molar-refractivity contribution is -0.140. The Balaban J connectivity index is 2.82. The van der Waals surface area contributed by atoms with E-state index in [4.69, 9.17) is 4.74 Å². The molecular formula is C14H19NO4. The number of likely N-dealkylation sites (N-methyl/N-ethyl adjacent to an activating group) is 1. The predicted octanol–water partition coefficient (Wildman–Crippen LogP) is 1.42. The Morgan fingerprint density at radius 1 is 1.21 bits per heavy atom. The van der Waals surface area contributed by atoms with Gasteiger partial charge in [0.1, 0.15) is 5.75 Å². The zero-order valence-corrected chi connectivity index (χ0v) is 11.4. The van der Waals surface area contributed by atoms with Crippen LogP contribution in [0.15, 0.2) is 24.3 Å². The van der Waals surface area contributed by atoms with E-state index in [1.54, 1.807) is 31.4 Å². The third-order valence-corrected chi connectivity index (χ3v) is 2.74. The molecule has 19 heavy (non-hydrogen) atoms. The van der Waals surface area contributed by atoms with Gasteiger partial charge in [-0.15, -0.1) is 0 Å². The molecule has 1 aromatic rings. The van der Waals surface area contributed by atoms with Crippen molar-refractivity contribution in [2.75, 3.05) is 20.8 Å². The summed E-state index contributed by atoms with van der Waals surface area (Å²) in [7, 11) is 2.87. The summed E-state index contributed by atoms with van der Waals surface area (Å²) in [4.78, 5) is 23.6. The minimum absolute atomic E-state index is 0.0230. The van der Waals surface area contributed by atoms with E-state index in [-0.39, 0.29) is 12.2 Å². The molecule has 0 saturated carbocycles. The van der Waals surface area contributed by atoms with Gasteiger partial charge in [0.25, 0.3) is 0 Å². The quantitative estimate of drug-likeness (QED) is 0.596. The number of Topliss-reactive ketones (excluding diaryl/α,β-unsaturated/α-hetero) is 1. The summed E-state index contributed by atoms with van der Waals surface area (Å²) >= 11 is 0. The first kappa shape index (κ1) is 15.2. The number of esters is 1. The highest BCUT2D eigenvalue weighted by Gasteiger charge is 2.22. The molecule has 0 bridgehead atoms. The molecule has 0 spiro atoms. The predicted molar refractivity (Wildman–Crippen MR) is 71.4 cm³/mol. The van der Waals surface area contributed by atoms with E-state index in [2.05, 4.69) is 10.1 Å². The minimum Gasteiger partial charge on any atom is -0.497 e. The van der Waals surface area contributed by atoms with Crippen LogP contribution in [0.3, 0.4) is 0 Å². The number of carbonyl (C=O) groups is 2. The minimum atomic E-state index is -0.564. The third-order valence-electron chi connectivity index (χ3n) is 2.74. The van der Waals surface area contributed by atoms with Crippen molar-refractivity contribution < 1.29 is 19.1 Å². The van der Waals surface area contributed by atoms with E-state index in [1.807, 2.05) is 6.92 Å². The number of hydrogen-bond acceptors (Lipinski definition) is 5. The first-order valence-electron chi connectivity index (χ1n) is 6.10. The van der Waals surface area contributed by atoms with E-state index in [9.17, 15) is 9.59 Å².